The first kappa shape index (κ1) is 10.9. The van der Waals surface area contributed by atoms with Crippen LogP contribution in [-0.4, -0.2) is 12.2 Å². The molecule has 1 N–H and O–H groups in total. The van der Waals surface area contributed by atoms with Crippen LogP contribution in [0.5, 0.6) is 11.5 Å². The maximum absolute atomic E-state index is 9.08. The smallest absolute Gasteiger partial charge is 0.562 e. The molecule has 1 aromatic rings. The van der Waals surface area contributed by atoms with E-state index in [1.165, 1.54) is 7.11 Å². The minimum Gasteiger partial charge on any atom is -0.562 e. The standard InChI is InChI=1S/C8H9O2.Y/c1-6-3-4-7(9)8(5-6)10-2;/h3-4,9H,1-2H3;/q-1;+3. The van der Waals surface area contributed by atoms with Crippen molar-refractivity contribution in [3.05, 3.63) is 23.8 Å². The molecule has 0 atom stereocenters. The Hall–Kier alpha value is -0.0761. The van der Waals surface area contributed by atoms with Gasteiger partial charge >= 0.3 is 32.7 Å². The van der Waals surface area contributed by atoms with E-state index in [0.717, 1.165) is 5.56 Å². The van der Waals surface area contributed by atoms with E-state index in [-0.39, 0.29) is 38.5 Å². The molecule has 54 valence electrons. The van der Waals surface area contributed by atoms with E-state index in [1.807, 2.05) is 6.92 Å². The van der Waals surface area contributed by atoms with Crippen LogP contribution in [-0.2, 0) is 32.7 Å². The fourth-order valence-electron chi connectivity index (χ4n) is 0.720. The van der Waals surface area contributed by atoms with Crippen molar-refractivity contribution in [1.82, 2.24) is 0 Å². The van der Waals surface area contributed by atoms with Gasteiger partial charge < -0.3 is 9.84 Å². The summed E-state index contributed by atoms with van der Waals surface area (Å²) in [4.78, 5) is 0. The molecule has 0 saturated carbocycles. The van der Waals surface area contributed by atoms with Crippen molar-refractivity contribution in [1.29, 1.82) is 0 Å². The monoisotopic (exact) mass is 226 g/mol. The maximum Gasteiger partial charge on any atom is 3.00 e. The number of benzene rings is 1. The predicted octanol–water partition coefficient (Wildman–Crippen LogP) is 1.51. The molecule has 11 heavy (non-hydrogen) atoms. The van der Waals surface area contributed by atoms with Crippen molar-refractivity contribution in [2.45, 2.75) is 6.92 Å². The number of hydrogen-bond acceptors (Lipinski definition) is 2. The summed E-state index contributed by atoms with van der Waals surface area (Å²) in [5, 5.41) is 9.08. The van der Waals surface area contributed by atoms with Gasteiger partial charge in [0.2, 0.25) is 0 Å². The Kier molecular flexibility index (Phi) is 4.70. The molecule has 1 aromatic carbocycles. The first-order valence-corrected chi connectivity index (χ1v) is 3.00. The van der Waals surface area contributed by atoms with Crippen molar-refractivity contribution in [3.8, 4) is 11.5 Å². The molecule has 0 aliphatic heterocycles. The van der Waals surface area contributed by atoms with E-state index in [2.05, 4.69) is 6.07 Å². The summed E-state index contributed by atoms with van der Waals surface area (Å²) >= 11 is 0. The van der Waals surface area contributed by atoms with Crippen LogP contribution in [0.25, 0.3) is 0 Å². The van der Waals surface area contributed by atoms with Gasteiger partial charge in [0.25, 0.3) is 0 Å². The van der Waals surface area contributed by atoms with Crippen LogP contribution in [0.2, 0.25) is 0 Å². The normalized spacial score (nSPS) is 8.55. The van der Waals surface area contributed by atoms with E-state index in [0.29, 0.717) is 5.75 Å². The van der Waals surface area contributed by atoms with E-state index >= 15 is 0 Å². The van der Waals surface area contributed by atoms with Crippen LogP contribution in [0.15, 0.2) is 12.1 Å². The second-order valence-electron chi connectivity index (χ2n) is 2.06. The predicted molar refractivity (Wildman–Crippen MR) is 38.2 cm³/mol. The Labute approximate surface area is 91.5 Å². The zero-order chi connectivity index (χ0) is 7.56. The summed E-state index contributed by atoms with van der Waals surface area (Å²) in [6.07, 6.45) is 0. The third kappa shape index (κ3) is 2.80. The minimum absolute atomic E-state index is 0. The average Bonchev–Trinajstić information content (AvgIpc) is 1.94. The van der Waals surface area contributed by atoms with Gasteiger partial charge in [-0.05, 0) is 0 Å². The number of phenolic OH excluding ortho intramolecular Hbond substituents is 1. The molecule has 2 nitrogen and oxygen atoms in total. The van der Waals surface area contributed by atoms with Crippen LogP contribution in [0.3, 0.4) is 0 Å². The average molecular weight is 226 g/mol. The summed E-state index contributed by atoms with van der Waals surface area (Å²) in [6.45, 7) is 1.89. The largest absolute Gasteiger partial charge is 3.00 e. The van der Waals surface area contributed by atoms with Crippen molar-refractivity contribution < 1.29 is 42.6 Å². The first-order valence-electron chi connectivity index (χ1n) is 3.00. The van der Waals surface area contributed by atoms with Gasteiger partial charge in [-0.25, -0.2) is 0 Å². The van der Waals surface area contributed by atoms with Crippen molar-refractivity contribution >= 4 is 0 Å². The van der Waals surface area contributed by atoms with E-state index in [4.69, 9.17) is 9.84 Å². The fourth-order valence-corrected chi connectivity index (χ4v) is 0.720. The Morgan fingerprint density at radius 3 is 2.55 bits per heavy atom. The molecule has 0 amide bonds. The molecule has 1 rings (SSSR count). The third-order valence-corrected chi connectivity index (χ3v) is 1.24. The second-order valence-corrected chi connectivity index (χ2v) is 2.06. The Balaban J connectivity index is 0.000001000. The molecule has 0 unspecified atom stereocenters. The van der Waals surface area contributed by atoms with Crippen LogP contribution < -0.4 is 4.74 Å². The number of hydrogen-bond donors (Lipinski definition) is 1. The van der Waals surface area contributed by atoms with Crippen molar-refractivity contribution in [2.24, 2.45) is 0 Å². The molecule has 0 bridgehead atoms. The van der Waals surface area contributed by atoms with Crippen LogP contribution >= 0.6 is 0 Å². The van der Waals surface area contributed by atoms with Crippen molar-refractivity contribution in [3.63, 3.8) is 0 Å². The Bertz CT molecular complexity index is 236. The van der Waals surface area contributed by atoms with Crippen LogP contribution in [0.4, 0.5) is 0 Å². The van der Waals surface area contributed by atoms with Gasteiger partial charge in [-0.3, -0.25) is 0 Å². The van der Waals surface area contributed by atoms with Crippen LogP contribution in [0.1, 0.15) is 5.56 Å². The van der Waals surface area contributed by atoms with Gasteiger partial charge in [0.1, 0.15) is 0 Å². The summed E-state index contributed by atoms with van der Waals surface area (Å²) < 4.78 is 4.82. The van der Waals surface area contributed by atoms with E-state index < -0.39 is 0 Å². The number of aryl methyl sites for hydroxylation is 1. The maximum atomic E-state index is 9.08. The molecule has 0 aliphatic rings. The first-order chi connectivity index (χ1) is 4.74. The molecule has 0 aromatic heterocycles. The SMILES string of the molecule is COc1[c-]c(C)ccc1O.[Y+3]. The molecule has 0 fully saturated rings. The number of phenols is 1. The van der Waals surface area contributed by atoms with Gasteiger partial charge in [-0.1, -0.05) is 6.92 Å². The summed E-state index contributed by atoms with van der Waals surface area (Å²) in [7, 11) is 1.50. The molecular formula is C8H9O2Y+2. The van der Waals surface area contributed by atoms with Crippen molar-refractivity contribution in [2.75, 3.05) is 7.11 Å². The molecule has 0 spiro atoms. The zero-order valence-corrected chi connectivity index (χ0v) is 9.43. The molecule has 0 saturated heterocycles. The summed E-state index contributed by atoms with van der Waals surface area (Å²) in [6, 6.07) is 6.22. The second kappa shape index (κ2) is 4.73. The van der Waals surface area contributed by atoms with Gasteiger partial charge in [0, 0.05) is 11.5 Å². The quantitative estimate of drug-likeness (QED) is 0.735. The molecular weight excluding hydrogens is 217 g/mol. The fraction of sp³-hybridized carbons (Fsp3) is 0.250. The zero-order valence-electron chi connectivity index (χ0n) is 6.59. The molecule has 0 aliphatic carbocycles. The summed E-state index contributed by atoms with van der Waals surface area (Å²) in [5.74, 6) is 0.535. The van der Waals surface area contributed by atoms with Gasteiger partial charge in [-0.15, -0.1) is 12.1 Å². The molecule has 0 heterocycles. The Morgan fingerprint density at radius 1 is 1.45 bits per heavy atom. The molecule has 3 heteroatoms. The number of ether oxygens (including phenoxy) is 1. The van der Waals surface area contributed by atoms with Gasteiger partial charge in [0.05, 0.1) is 7.11 Å². The van der Waals surface area contributed by atoms with Gasteiger partial charge in [0.15, 0.2) is 0 Å². The molecule has 0 radical (unpaired) electrons. The minimum atomic E-state index is 0. The third-order valence-electron chi connectivity index (χ3n) is 1.24. The topological polar surface area (TPSA) is 29.5 Å². The Morgan fingerprint density at radius 2 is 2.09 bits per heavy atom. The van der Waals surface area contributed by atoms with E-state index in [1.54, 1.807) is 12.1 Å². The number of rotatable bonds is 1. The van der Waals surface area contributed by atoms with E-state index in [9.17, 15) is 0 Å². The summed E-state index contributed by atoms with van der Waals surface area (Å²) in [5.41, 5.74) is 0.953. The van der Waals surface area contributed by atoms with Gasteiger partial charge in [-0.2, -0.15) is 11.6 Å². The van der Waals surface area contributed by atoms with Crippen LogP contribution in [0, 0.1) is 13.0 Å². The number of aromatic hydroxyl groups is 1. The number of methoxy groups -OCH3 is 1.